The lowest BCUT2D eigenvalue weighted by atomic mass is 9.97. The monoisotopic (exact) mass is 472 g/mol. The van der Waals surface area contributed by atoms with Crippen molar-refractivity contribution < 1.29 is 21.6 Å². The first-order valence-electron chi connectivity index (χ1n) is 8.68. The maximum atomic E-state index is 13.0. The number of hydrogen-bond acceptors (Lipinski definition) is 5. The van der Waals surface area contributed by atoms with Crippen molar-refractivity contribution in [3.63, 3.8) is 0 Å². The second-order valence-electron chi connectivity index (χ2n) is 7.16. The van der Waals surface area contributed by atoms with E-state index < -0.39 is 20.3 Å². The Kier molecular flexibility index (Phi) is 7.12. The van der Waals surface area contributed by atoms with Gasteiger partial charge in [-0.05, 0) is 41.9 Å². The molecule has 0 radical (unpaired) electrons. The Morgan fingerprint density at radius 1 is 1.21 bits per heavy atom. The summed E-state index contributed by atoms with van der Waals surface area (Å²) in [5.41, 5.74) is 2.90. The van der Waals surface area contributed by atoms with E-state index in [0.29, 0.717) is 11.6 Å². The average molecular weight is 473 g/mol. The molecular weight excluding hydrogens is 452 g/mol. The van der Waals surface area contributed by atoms with Gasteiger partial charge in [0.25, 0.3) is 5.82 Å². The van der Waals surface area contributed by atoms with Crippen LogP contribution in [-0.4, -0.2) is 37.3 Å². The Bertz CT molecular complexity index is 964. The molecule has 0 spiro atoms. The van der Waals surface area contributed by atoms with E-state index in [1.165, 1.54) is 23.1 Å². The molecule has 0 saturated heterocycles. The first kappa shape index (κ1) is 23.8. The summed E-state index contributed by atoms with van der Waals surface area (Å²) in [4.78, 5) is 5.22. The smallest absolute Gasteiger partial charge is 0.347 e. The van der Waals surface area contributed by atoms with Gasteiger partial charge in [0, 0.05) is 35.5 Å². The van der Waals surface area contributed by atoms with Crippen molar-refractivity contribution in [2.24, 2.45) is 0 Å². The van der Waals surface area contributed by atoms with Gasteiger partial charge in [-0.3, -0.25) is 0 Å². The van der Waals surface area contributed by atoms with E-state index in [4.69, 9.17) is 8.42 Å². The molecule has 0 atom stereocenters. The minimum Gasteiger partial charge on any atom is -0.347 e. The van der Waals surface area contributed by atoms with Gasteiger partial charge in [-0.15, -0.1) is 5.10 Å². The van der Waals surface area contributed by atoms with Crippen LogP contribution in [0.5, 0.6) is 0 Å². The molecule has 0 unspecified atom stereocenters. The van der Waals surface area contributed by atoms with Gasteiger partial charge in [0.1, 0.15) is 0 Å². The van der Waals surface area contributed by atoms with Crippen LogP contribution in [0.25, 0.3) is 5.69 Å². The number of alkyl halides is 3. The SMILES string of the molecule is CC(C)c1cc(C2CC2)ccc1-n1nc(C(F)(F)F)nc1N(C)C.O=S(=O)(Cl)Cl. The molecule has 0 amide bonds. The van der Waals surface area contributed by atoms with Crippen molar-refractivity contribution >= 4 is 35.6 Å². The Labute approximate surface area is 176 Å². The third-order valence-corrected chi connectivity index (χ3v) is 4.19. The molecule has 3 rings (SSSR count). The van der Waals surface area contributed by atoms with E-state index in [0.717, 1.165) is 5.56 Å². The van der Waals surface area contributed by atoms with Gasteiger partial charge in [0.05, 0.1) is 5.69 Å². The fraction of sp³-hybridized carbons (Fsp3) is 0.529. The topological polar surface area (TPSA) is 68.1 Å². The highest BCUT2D eigenvalue weighted by Gasteiger charge is 2.38. The lowest BCUT2D eigenvalue weighted by Gasteiger charge is -2.18. The zero-order valence-corrected chi connectivity index (χ0v) is 18.5. The summed E-state index contributed by atoms with van der Waals surface area (Å²) in [6.45, 7) is 4.07. The molecule has 2 aromatic rings. The van der Waals surface area contributed by atoms with E-state index in [1.807, 2.05) is 26.0 Å². The van der Waals surface area contributed by atoms with Gasteiger partial charge < -0.3 is 4.90 Å². The summed E-state index contributed by atoms with van der Waals surface area (Å²) in [6.07, 6.45) is -2.20. The van der Waals surface area contributed by atoms with Crippen LogP contribution in [0.15, 0.2) is 18.2 Å². The quantitative estimate of drug-likeness (QED) is 0.581. The Morgan fingerprint density at radius 3 is 2.17 bits per heavy atom. The highest BCUT2D eigenvalue weighted by Crippen LogP contribution is 2.42. The molecule has 1 aromatic carbocycles. The van der Waals surface area contributed by atoms with Crippen LogP contribution < -0.4 is 4.90 Å². The molecular formula is C17H21Cl2F3N4O2S. The maximum Gasteiger partial charge on any atom is 0.453 e. The predicted octanol–water partition coefficient (Wildman–Crippen LogP) is 5.06. The van der Waals surface area contributed by atoms with Crippen molar-refractivity contribution in [2.75, 3.05) is 19.0 Å². The molecule has 29 heavy (non-hydrogen) atoms. The number of rotatable bonds is 4. The van der Waals surface area contributed by atoms with Crippen LogP contribution in [0.4, 0.5) is 19.1 Å². The van der Waals surface area contributed by atoms with Crippen molar-refractivity contribution in [3.8, 4) is 5.69 Å². The molecule has 6 nitrogen and oxygen atoms in total. The van der Waals surface area contributed by atoms with E-state index in [9.17, 15) is 13.2 Å². The molecule has 162 valence electrons. The van der Waals surface area contributed by atoms with Gasteiger partial charge in [-0.1, -0.05) is 26.0 Å². The second kappa shape index (κ2) is 8.69. The van der Waals surface area contributed by atoms with Crippen LogP contribution in [0.1, 0.15) is 55.5 Å². The molecule has 1 aromatic heterocycles. The number of nitrogens with zero attached hydrogens (tertiary/aromatic N) is 4. The first-order valence-corrected chi connectivity index (χ1v) is 11.8. The van der Waals surface area contributed by atoms with E-state index in [-0.39, 0.29) is 11.9 Å². The van der Waals surface area contributed by atoms with Gasteiger partial charge >= 0.3 is 14.4 Å². The largest absolute Gasteiger partial charge is 0.453 e. The van der Waals surface area contributed by atoms with E-state index in [1.54, 1.807) is 19.0 Å². The number of anilines is 1. The second-order valence-corrected chi connectivity index (χ2v) is 10.8. The summed E-state index contributed by atoms with van der Waals surface area (Å²) in [5.74, 6) is -0.186. The molecule has 0 N–H and O–H groups in total. The zero-order valence-electron chi connectivity index (χ0n) is 16.2. The van der Waals surface area contributed by atoms with Gasteiger partial charge in [0.2, 0.25) is 5.95 Å². The highest BCUT2D eigenvalue weighted by molar-refractivity contribution is 8.31. The van der Waals surface area contributed by atoms with E-state index >= 15 is 0 Å². The van der Waals surface area contributed by atoms with Crippen molar-refractivity contribution in [3.05, 3.63) is 35.2 Å². The molecule has 0 bridgehead atoms. The minimum absolute atomic E-state index is 0.170. The van der Waals surface area contributed by atoms with Gasteiger partial charge in [-0.25, -0.2) is 0 Å². The lowest BCUT2D eigenvalue weighted by Crippen LogP contribution is -2.16. The summed E-state index contributed by atoms with van der Waals surface area (Å²) in [7, 11) is 8.14. The molecule has 1 fully saturated rings. The number of halogens is 5. The number of aromatic nitrogens is 3. The molecule has 1 aliphatic rings. The van der Waals surface area contributed by atoms with Crippen LogP contribution >= 0.6 is 21.4 Å². The third-order valence-electron chi connectivity index (χ3n) is 4.19. The lowest BCUT2D eigenvalue weighted by molar-refractivity contribution is -0.144. The van der Waals surface area contributed by atoms with Crippen LogP contribution in [0.2, 0.25) is 0 Å². The zero-order chi connectivity index (χ0) is 22.1. The van der Waals surface area contributed by atoms with Crippen LogP contribution in [-0.2, 0) is 14.4 Å². The average Bonchev–Trinajstić information content (AvgIpc) is 3.29. The Balaban J connectivity index is 0.000000537. The Hall–Kier alpha value is -1.52. The van der Waals surface area contributed by atoms with Crippen molar-refractivity contribution in [1.29, 1.82) is 0 Å². The van der Waals surface area contributed by atoms with Crippen molar-refractivity contribution in [1.82, 2.24) is 14.8 Å². The predicted molar refractivity (Wildman–Crippen MR) is 107 cm³/mol. The fourth-order valence-corrected chi connectivity index (χ4v) is 2.77. The van der Waals surface area contributed by atoms with Gasteiger partial charge in [0.15, 0.2) is 0 Å². The summed E-state index contributed by atoms with van der Waals surface area (Å²) >= 11 is 0. The van der Waals surface area contributed by atoms with Crippen molar-refractivity contribution in [2.45, 2.75) is 44.7 Å². The van der Waals surface area contributed by atoms with Gasteiger partial charge in [-0.2, -0.15) is 31.3 Å². The molecule has 12 heteroatoms. The molecule has 1 heterocycles. The summed E-state index contributed by atoms with van der Waals surface area (Å²) in [5, 5.41) is 3.75. The minimum atomic E-state index is -4.57. The number of hydrogen-bond donors (Lipinski definition) is 0. The van der Waals surface area contributed by atoms with Crippen LogP contribution in [0.3, 0.4) is 0 Å². The van der Waals surface area contributed by atoms with Crippen LogP contribution in [0, 0.1) is 0 Å². The molecule has 0 aliphatic heterocycles. The Morgan fingerprint density at radius 2 is 1.76 bits per heavy atom. The molecule has 1 saturated carbocycles. The normalized spacial score (nSPS) is 14.6. The maximum absolute atomic E-state index is 13.0. The first-order chi connectivity index (χ1) is 13.2. The summed E-state index contributed by atoms with van der Waals surface area (Å²) in [6, 6.07) is 5.96. The standard InChI is InChI=1S/C17H21F3N4.Cl2O2S/c1-10(2)13-9-12(11-5-6-11)7-8-14(13)24-16(23(3)4)21-15(22-24)17(18,19)20;1-5(2,3)4/h7-11H,5-6H2,1-4H3;. The fourth-order valence-electron chi connectivity index (χ4n) is 2.77. The summed E-state index contributed by atoms with van der Waals surface area (Å²) < 4.78 is 58.7. The highest BCUT2D eigenvalue weighted by atomic mass is 36.0. The van der Waals surface area contributed by atoms with E-state index in [2.05, 4.69) is 37.5 Å². The third kappa shape index (κ3) is 6.75. The number of benzene rings is 1. The molecule has 1 aliphatic carbocycles.